The van der Waals surface area contributed by atoms with E-state index in [0.29, 0.717) is 18.7 Å². The van der Waals surface area contributed by atoms with E-state index in [-0.39, 0.29) is 37.3 Å². The van der Waals surface area contributed by atoms with Crippen molar-refractivity contribution in [1.82, 2.24) is 15.5 Å². The summed E-state index contributed by atoms with van der Waals surface area (Å²) in [6.07, 6.45) is 0.865. The average Bonchev–Trinajstić information content (AvgIpc) is 2.71. The number of benzene rings is 1. The Morgan fingerprint density at radius 3 is 2.75 bits per heavy atom. The molecule has 2 N–H and O–H groups in total. The largest absolute Gasteiger partial charge is 0.466 e. The molecule has 152 valence electrons. The monoisotopic (exact) mass is 388 g/mol. The molecule has 28 heavy (non-hydrogen) atoms. The molecule has 0 unspecified atom stereocenters. The van der Waals surface area contributed by atoms with E-state index in [1.54, 1.807) is 11.8 Å². The van der Waals surface area contributed by atoms with Crippen LogP contribution in [0, 0.1) is 0 Å². The molecule has 3 rings (SSSR count). The summed E-state index contributed by atoms with van der Waals surface area (Å²) < 4.78 is 4.83. The number of piperazine rings is 1. The van der Waals surface area contributed by atoms with Crippen LogP contribution in [0.25, 0.3) is 0 Å². The molecule has 8 heteroatoms. The van der Waals surface area contributed by atoms with Crippen LogP contribution in [0.2, 0.25) is 0 Å². The van der Waals surface area contributed by atoms with Gasteiger partial charge in [-0.05, 0) is 31.0 Å². The van der Waals surface area contributed by atoms with Crippen LogP contribution >= 0.6 is 0 Å². The fourth-order valence-electron chi connectivity index (χ4n) is 3.55. The van der Waals surface area contributed by atoms with Gasteiger partial charge in [-0.3, -0.25) is 14.4 Å². The number of nitrogens with zero attached hydrogens (tertiary/aromatic N) is 2. The molecule has 0 spiro atoms. The fraction of sp³-hybridized carbons (Fsp3) is 0.550. The van der Waals surface area contributed by atoms with Crippen molar-refractivity contribution in [3.05, 3.63) is 29.3 Å². The van der Waals surface area contributed by atoms with Crippen LogP contribution in [-0.2, 0) is 20.7 Å². The molecule has 0 atom stereocenters. The van der Waals surface area contributed by atoms with Crippen LogP contribution in [0.15, 0.2) is 18.2 Å². The summed E-state index contributed by atoms with van der Waals surface area (Å²) in [4.78, 5) is 40.2. The lowest BCUT2D eigenvalue weighted by Gasteiger charge is -2.32. The van der Waals surface area contributed by atoms with Crippen molar-refractivity contribution in [1.29, 1.82) is 0 Å². The first-order chi connectivity index (χ1) is 13.6. The molecule has 0 bridgehead atoms. The molecule has 1 aromatic rings. The number of fused-ring (bicyclic) bond motifs is 1. The van der Waals surface area contributed by atoms with E-state index in [9.17, 15) is 14.4 Å². The number of rotatable bonds is 7. The Morgan fingerprint density at radius 2 is 2.00 bits per heavy atom. The van der Waals surface area contributed by atoms with Crippen LogP contribution in [0.3, 0.4) is 0 Å². The molecule has 2 aliphatic rings. The fourth-order valence-corrected chi connectivity index (χ4v) is 3.55. The van der Waals surface area contributed by atoms with Gasteiger partial charge in [0.05, 0.1) is 19.6 Å². The van der Waals surface area contributed by atoms with Gasteiger partial charge in [0.15, 0.2) is 0 Å². The second-order valence-corrected chi connectivity index (χ2v) is 6.96. The summed E-state index contributed by atoms with van der Waals surface area (Å²) in [5.41, 5.74) is 2.76. The maximum atomic E-state index is 12.9. The van der Waals surface area contributed by atoms with E-state index in [4.69, 9.17) is 4.74 Å². The third-order valence-electron chi connectivity index (χ3n) is 5.04. The van der Waals surface area contributed by atoms with Crippen molar-refractivity contribution in [2.75, 3.05) is 57.3 Å². The molecule has 0 aliphatic carbocycles. The third-order valence-corrected chi connectivity index (χ3v) is 5.04. The maximum Gasteiger partial charge on any atom is 0.307 e. The Hall–Kier alpha value is -2.61. The van der Waals surface area contributed by atoms with Gasteiger partial charge in [-0.15, -0.1) is 0 Å². The minimum absolute atomic E-state index is 0.00103. The standard InChI is InChI=1S/C20H28N4O4/c1-2-28-19(26)5-7-22-18(25)14-24-10-6-15-3-4-16(13-17(15)20(24)27)23-11-8-21-9-12-23/h3-4,13,21H,2,5-12,14H2,1H3,(H,22,25). The van der Waals surface area contributed by atoms with Crippen LogP contribution in [0.4, 0.5) is 5.69 Å². The predicted octanol–water partition coefficient (Wildman–Crippen LogP) is 0.164. The van der Waals surface area contributed by atoms with Crippen LogP contribution in [0.5, 0.6) is 0 Å². The number of hydrogen-bond donors (Lipinski definition) is 2. The molecule has 1 aromatic carbocycles. The normalized spacial score (nSPS) is 16.5. The van der Waals surface area contributed by atoms with E-state index >= 15 is 0 Å². The van der Waals surface area contributed by atoms with Crippen molar-refractivity contribution in [2.45, 2.75) is 19.8 Å². The highest BCUT2D eigenvalue weighted by molar-refractivity contribution is 5.99. The zero-order chi connectivity index (χ0) is 19.9. The first-order valence-corrected chi connectivity index (χ1v) is 9.88. The van der Waals surface area contributed by atoms with Gasteiger partial charge in [0.25, 0.3) is 5.91 Å². The highest BCUT2D eigenvalue weighted by Gasteiger charge is 2.27. The van der Waals surface area contributed by atoms with Gasteiger partial charge < -0.3 is 25.2 Å². The Morgan fingerprint density at radius 1 is 1.21 bits per heavy atom. The third kappa shape index (κ3) is 5.01. The Bertz CT molecular complexity index is 731. The molecular weight excluding hydrogens is 360 g/mol. The van der Waals surface area contributed by atoms with E-state index in [2.05, 4.69) is 21.6 Å². The van der Waals surface area contributed by atoms with E-state index in [0.717, 1.165) is 43.9 Å². The molecule has 0 aromatic heterocycles. The minimum atomic E-state index is -0.341. The average molecular weight is 388 g/mol. The van der Waals surface area contributed by atoms with Gasteiger partial charge >= 0.3 is 5.97 Å². The van der Waals surface area contributed by atoms with Crippen LogP contribution in [0.1, 0.15) is 29.3 Å². The van der Waals surface area contributed by atoms with Gasteiger partial charge in [-0.1, -0.05) is 6.07 Å². The Balaban J connectivity index is 1.57. The molecular formula is C20H28N4O4. The highest BCUT2D eigenvalue weighted by atomic mass is 16.5. The highest BCUT2D eigenvalue weighted by Crippen LogP contribution is 2.25. The van der Waals surface area contributed by atoms with Crippen molar-refractivity contribution >= 4 is 23.5 Å². The smallest absolute Gasteiger partial charge is 0.307 e. The number of amides is 2. The molecule has 2 heterocycles. The Kier molecular flexibility index (Phi) is 6.86. The summed E-state index contributed by atoms with van der Waals surface area (Å²) in [5, 5.41) is 6.00. The van der Waals surface area contributed by atoms with Gasteiger partial charge in [0, 0.05) is 50.5 Å². The lowest BCUT2D eigenvalue weighted by atomic mass is 9.98. The number of ether oxygens (including phenoxy) is 1. The zero-order valence-corrected chi connectivity index (χ0v) is 16.3. The predicted molar refractivity (Wildman–Crippen MR) is 105 cm³/mol. The number of esters is 1. The number of carbonyl (C=O) groups is 3. The molecule has 8 nitrogen and oxygen atoms in total. The van der Waals surface area contributed by atoms with Crippen molar-refractivity contribution in [3.63, 3.8) is 0 Å². The first-order valence-electron chi connectivity index (χ1n) is 9.88. The quantitative estimate of drug-likeness (QED) is 0.647. The van der Waals surface area contributed by atoms with Gasteiger partial charge in [0.2, 0.25) is 5.91 Å². The number of anilines is 1. The molecule has 0 saturated carbocycles. The lowest BCUT2D eigenvalue weighted by molar-refractivity contribution is -0.143. The summed E-state index contributed by atoms with van der Waals surface area (Å²) in [5.74, 6) is -0.718. The molecule has 0 radical (unpaired) electrons. The maximum absolute atomic E-state index is 12.9. The van der Waals surface area contributed by atoms with Gasteiger partial charge in [-0.25, -0.2) is 0 Å². The molecule has 2 aliphatic heterocycles. The summed E-state index contributed by atoms with van der Waals surface area (Å²) in [7, 11) is 0. The molecule has 1 fully saturated rings. The lowest BCUT2D eigenvalue weighted by Crippen LogP contribution is -2.45. The van der Waals surface area contributed by atoms with Crippen LogP contribution < -0.4 is 15.5 Å². The molecule has 2 amide bonds. The zero-order valence-electron chi connectivity index (χ0n) is 16.3. The first kappa shape index (κ1) is 20.1. The van der Waals surface area contributed by atoms with Gasteiger partial charge in [0.1, 0.15) is 0 Å². The number of hydrogen-bond acceptors (Lipinski definition) is 6. The summed E-state index contributed by atoms with van der Waals surface area (Å²) >= 11 is 0. The molecule has 1 saturated heterocycles. The minimum Gasteiger partial charge on any atom is -0.466 e. The Labute approximate surface area is 165 Å². The van der Waals surface area contributed by atoms with Crippen molar-refractivity contribution in [3.8, 4) is 0 Å². The number of carbonyl (C=O) groups excluding carboxylic acids is 3. The van der Waals surface area contributed by atoms with E-state index in [1.807, 2.05) is 12.1 Å². The number of nitrogens with one attached hydrogen (secondary N) is 2. The summed E-state index contributed by atoms with van der Waals surface area (Å²) in [6, 6.07) is 6.06. The van der Waals surface area contributed by atoms with Gasteiger partial charge in [-0.2, -0.15) is 0 Å². The van der Waals surface area contributed by atoms with Crippen LogP contribution in [-0.4, -0.2) is 75.1 Å². The van der Waals surface area contributed by atoms with E-state index < -0.39 is 0 Å². The second kappa shape index (κ2) is 9.54. The van der Waals surface area contributed by atoms with E-state index in [1.165, 1.54) is 0 Å². The second-order valence-electron chi connectivity index (χ2n) is 6.96. The topological polar surface area (TPSA) is 91.0 Å². The SMILES string of the molecule is CCOC(=O)CCNC(=O)CN1CCc2ccc(N3CCNCC3)cc2C1=O. The summed E-state index contributed by atoms with van der Waals surface area (Å²) in [6.45, 7) is 6.49. The van der Waals surface area contributed by atoms with Crippen molar-refractivity contribution in [2.24, 2.45) is 0 Å². The van der Waals surface area contributed by atoms with Crippen molar-refractivity contribution < 1.29 is 19.1 Å².